The van der Waals surface area contributed by atoms with Crippen LogP contribution < -0.4 is 10.5 Å². The van der Waals surface area contributed by atoms with Crippen molar-refractivity contribution in [2.75, 3.05) is 0 Å². The molecule has 0 aliphatic rings. The van der Waals surface area contributed by atoms with Gasteiger partial charge in [0.2, 0.25) is 10.0 Å². The lowest BCUT2D eigenvalue weighted by atomic mass is 10.1. The van der Waals surface area contributed by atoms with Crippen molar-refractivity contribution in [1.29, 1.82) is 0 Å². The number of nitrogens with zero attached hydrogens (tertiary/aromatic N) is 2. The molecule has 1 aromatic heterocycles. The molecule has 0 atom stereocenters. The molecule has 8 heteroatoms. The van der Waals surface area contributed by atoms with Crippen LogP contribution in [0.15, 0.2) is 4.90 Å². The minimum absolute atomic E-state index is 0.0882. The molecule has 1 aromatic rings. The summed E-state index contributed by atoms with van der Waals surface area (Å²) in [6, 6.07) is 0. The SMILES string of the molecule is Cc1nn(C)c(C)c1S(=O)(=O)NC(C)(C)C(N)=S. The van der Waals surface area contributed by atoms with Gasteiger partial charge < -0.3 is 5.73 Å². The summed E-state index contributed by atoms with van der Waals surface area (Å²) in [5.41, 5.74) is 5.55. The predicted molar refractivity (Wildman–Crippen MR) is 73.9 cm³/mol. The van der Waals surface area contributed by atoms with Gasteiger partial charge in [0.25, 0.3) is 0 Å². The van der Waals surface area contributed by atoms with E-state index in [1.165, 1.54) is 4.68 Å². The molecule has 102 valence electrons. The van der Waals surface area contributed by atoms with Crippen LogP contribution in [-0.4, -0.2) is 28.7 Å². The fourth-order valence-corrected chi connectivity index (χ4v) is 3.53. The number of nitrogens with two attached hydrogens (primary N) is 1. The summed E-state index contributed by atoms with van der Waals surface area (Å²) in [4.78, 5) is 0.264. The Morgan fingerprint density at radius 1 is 1.44 bits per heavy atom. The molecule has 0 aliphatic carbocycles. The lowest BCUT2D eigenvalue weighted by Gasteiger charge is -2.24. The van der Waals surface area contributed by atoms with Crippen molar-refractivity contribution in [3.63, 3.8) is 0 Å². The molecular weight excluding hydrogens is 272 g/mol. The number of aromatic nitrogens is 2. The summed E-state index contributed by atoms with van der Waals surface area (Å²) >= 11 is 4.85. The van der Waals surface area contributed by atoms with Gasteiger partial charge in [0.05, 0.1) is 21.9 Å². The van der Waals surface area contributed by atoms with Crippen molar-refractivity contribution in [1.82, 2.24) is 14.5 Å². The standard InChI is InChI=1S/C10H18N4O2S2/c1-6-8(7(2)14(5)12-6)18(15,16)13-10(3,4)9(11)17/h13H,1-5H3,(H2,11,17). The Hall–Kier alpha value is -0.990. The highest BCUT2D eigenvalue weighted by atomic mass is 32.2. The van der Waals surface area contributed by atoms with Crippen LogP contribution in [0.5, 0.6) is 0 Å². The summed E-state index contributed by atoms with van der Waals surface area (Å²) in [7, 11) is -2.01. The van der Waals surface area contributed by atoms with Crippen molar-refractivity contribution < 1.29 is 8.42 Å². The molecule has 3 N–H and O–H groups in total. The first kappa shape index (κ1) is 15.1. The third-order valence-electron chi connectivity index (χ3n) is 2.72. The fourth-order valence-electron chi connectivity index (χ4n) is 1.58. The third-order valence-corrected chi connectivity index (χ3v) is 5.13. The Labute approximate surface area is 113 Å². The van der Waals surface area contributed by atoms with Crippen LogP contribution >= 0.6 is 12.2 Å². The molecule has 0 unspecified atom stereocenters. The number of sulfonamides is 1. The lowest BCUT2D eigenvalue weighted by molar-refractivity contribution is 0.545. The average Bonchev–Trinajstić information content (AvgIpc) is 2.38. The van der Waals surface area contributed by atoms with Crippen LogP contribution in [0.1, 0.15) is 25.2 Å². The van der Waals surface area contributed by atoms with Crippen LogP contribution in [0.3, 0.4) is 0 Å². The van der Waals surface area contributed by atoms with E-state index in [9.17, 15) is 8.42 Å². The molecule has 1 rings (SSSR count). The molecule has 0 radical (unpaired) electrons. The second-order valence-corrected chi connectivity index (χ2v) is 6.78. The maximum absolute atomic E-state index is 12.3. The smallest absolute Gasteiger partial charge is 0.245 e. The topological polar surface area (TPSA) is 90.0 Å². The Kier molecular flexibility index (Phi) is 3.85. The zero-order chi connectivity index (χ0) is 14.3. The molecule has 0 aliphatic heterocycles. The van der Waals surface area contributed by atoms with Gasteiger partial charge in [-0.2, -0.15) is 9.82 Å². The minimum atomic E-state index is -3.70. The van der Waals surface area contributed by atoms with Gasteiger partial charge in [-0.25, -0.2) is 8.42 Å². The number of aryl methyl sites for hydroxylation is 2. The normalized spacial score (nSPS) is 12.7. The number of hydrogen-bond donors (Lipinski definition) is 2. The van der Waals surface area contributed by atoms with Gasteiger partial charge in [-0.15, -0.1) is 0 Å². The molecule has 0 bridgehead atoms. The van der Waals surface area contributed by atoms with E-state index < -0.39 is 15.6 Å². The summed E-state index contributed by atoms with van der Waals surface area (Å²) in [5.74, 6) is 0. The quantitative estimate of drug-likeness (QED) is 0.782. The van der Waals surface area contributed by atoms with E-state index >= 15 is 0 Å². The Morgan fingerprint density at radius 3 is 2.28 bits per heavy atom. The molecule has 0 amide bonds. The van der Waals surface area contributed by atoms with Crippen LogP contribution in [0.4, 0.5) is 0 Å². The van der Waals surface area contributed by atoms with Gasteiger partial charge in [0.15, 0.2) is 0 Å². The first-order valence-electron chi connectivity index (χ1n) is 5.33. The van der Waals surface area contributed by atoms with E-state index in [1.807, 2.05) is 0 Å². The monoisotopic (exact) mass is 290 g/mol. The molecule has 0 saturated heterocycles. The van der Waals surface area contributed by atoms with Crippen molar-refractivity contribution >= 4 is 27.2 Å². The summed E-state index contributed by atoms with van der Waals surface area (Å²) in [6.45, 7) is 6.58. The van der Waals surface area contributed by atoms with E-state index in [0.717, 1.165) is 0 Å². The van der Waals surface area contributed by atoms with Gasteiger partial charge in [-0.05, 0) is 27.7 Å². The van der Waals surface area contributed by atoms with Crippen LogP contribution in [0.2, 0.25) is 0 Å². The van der Waals surface area contributed by atoms with E-state index in [1.54, 1.807) is 34.7 Å². The minimum Gasteiger partial charge on any atom is -0.392 e. The van der Waals surface area contributed by atoms with Gasteiger partial charge in [0.1, 0.15) is 4.90 Å². The summed E-state index contributed by atoms with van der Waals surface area (Å²) in [6.07, 6.45) is 0. The van der Waals surface area contributed by atoms with Crippen LogP contribution in [0, 0.1) is 13.8 Å². The van der Waals surface area contributed by atoms with Crippen LogP contribution in [-0.2, 0) is 17.1 Å². The Balaban J connectivity index is 3.28. The van der Waals surface area contributed by atoms with Gasteiger partial charge in [0, 0.05) is 7.05 Å². The Morgan fingerprint density at radius 2 is 1.94 bits per heavy atom. The van der Waals surface area contributed by atoms with E-state index in [-0.39, 0.29) is 9.88 Å². The molecule has 18 heavy (non-hydrogen) atoms. The van der Waals surface area contributed by atoms with Crippen molar-refractivity contribution in [3.8, 4) is 0 Å². The average molecular weight is 290 g/mol. The molecule has 0 spiro atoms. The lowest BCUT2D eigenvalue weighted by Crippen LogP contribution is -2.52. The molecule has 1 heterocycles. The van der Waals surface area contributed by atoms with Crippen LogP contribution in [0.25, 0.3) is 0 Å². The predicted octanol–water partition coefficient (Wildman–Crippen LogP) is 0.380. The second-order valence-electron chi connectivity index (χ2n) is 4.72. The number of nitrogens with one attached hydrogen (secondary N) is 1. The first-order valence-corrected chi connectivity index (χ1v) is 7.22. The van der Waals surface area contributed by atoms with Crippen molar-refractivity contribution in [3.05, 3.63) is 11.4 Å². The molecule has 6 nitrogen and oxygen atoms in total. The zero-order valence-corrected chi connectivity index (χ0v) is 12.7. The van der Waals surface area contributed by atoms with Gasteiger partial charge in [-0.1, -0.05) is 12.2 Å². The van der Waals surface area contributed by atoms with Gasteiger partial charge in [-0.3, -0.25) is 4.68 Å². The fraction of sp³-hybridized carbons (Fsp3) is 0.600. The van der Waals surface area contributed by atoms with E-state index in [2.05, 4.69) is 9.82 Å². The Bertz CT molecular complexity index is 587. The second kappa shape index (κ2) is 4.60. The first-order chi connectivity index (χ1) is 7.99. The van der Waals surface area contributed by atoms with Crippen molar-refractivity contribution in [2.45, 2.75) is 38.1 Å². The largest absolute Gasteiger partial charge is 0.392 e. The summed E-state index contributed by atoms with van der Waals surface area (Å²) in [5, 5.41) is 4.09. The number of hydrogen-bond acceptors (Lipinski definition) is 4. The highest BCUT2D eigenvalue weighted by Gasteiger charge is 2.32. The number of thiocarbonyl (C=S) groups is 1. The highest BCUT2D eigenvalue weighted by molar-refractivity contribution is 7.89. The van der Waals surface area contributed by atoms with E-state index in [4.69, 9.17) is 18.0 Å². The maximum Gasteiger partial charge on any atom is 0.245 e. The molecule has 0 aromatic carbocycles. The highest BCUT2D eigenvalue weighted by Crippen LogP contribution is 2.20. The molecule has 0 saturated carbocycles. The van der Waals surface area contributed by atoms with Gasteiger partial charge >= 0.3 is 0 Å². The van der Waals surface area contributed by atoms with E-state index in [0.29, 0.717) is 11.4 Å². The van der Waals surface area contributed by atoms with Crippen molar-refractivity contribution in [2.24, 2.45) is 12.8 Å². The maximum atomic E-state index is 12.3. The third kappa shape index (κ3) is 2.70. The number of rotatable bonds is 4. The zero-order valence-electron chi connectivity index (χ0n) is 11.1. The summed E-state index contributed by atoms with van der Waals surface area (Å²) < 4.78 is 28.7. The molecular formula is C10H18N4O2S2. The molecule has 0 fully saturated rings.